The predicted molar refractivity (Wildman–Crippen MR) is 108 cm³/mol. The third kappa shape index (κ3) is 5.35. The van der Waals surface area contributed by atoms with Gasteiger partial charge in [0, 0.05) is 37.2 Å². The van der Waals surface area contributed by atoms with E-state index in [9.17, 15) is 18.0 Å². The zero-order chi connectivity index (χ0) is 22.0. The second-order valence-corrected chi connectivity index (χ2v) is 7.71. The Hall–Kier alpha value is -3.08. The fourth-order valence-electron chi connectivity index (χ4n) is 3.62. The Kier molecular flexibility index (Phi) is 5.86. The Morgan fingerprint density at radius 3 is 2.68 bits per heavy atom. The summed E-state index contributed by atoms with van der Waals surface area (Å²) in [4.78, 5) is 23.2. The molecule has 3 aromatic rings. The number of piperidine rings is 1. The summed E-state index contributed by atoms with van der Waals surface area (Å²) in [6.45, 7) is 0.925. The highest BCUT2D eigenvalue weighted by atomic mass is 19.4. The molecule has 4 rings (SSSR count). The van der Waals surface area contributed by atoms with E-state index in [1.165, 1.54) is 0 Å². The molecule has 0 radical (unpaired) electrons. The molecule has 0 saturated carbocycles. The molecule has 1 amide bonds. The van der Waals surface area contributed by atoms with Gasteiger partial charge in [-0.05, 0) is 38.1 Å². The Morgan fingerprint density at radius 2 is 2.00 bits per heavy atom. The summed E-state index contributed by atoms with van der Waals surface area (Å²) in [5, 5.41) is 11.6. The number of rotatable bonds is 5. The largest absolute Gasteiger partial charge is 0.390 e. The number of alkyl halides is 3. The van der Waals surface area contributed by atoms with Crippen molar-refractivity contribution in [2.75, 3.05) is 25.0 Å². The fourth-order valence-corrected chi connectivity index (χ4v) is 3.62. The van der Waals surface area contributed by atoms with Gasteiger partial charge in [0.2, 0.25) is 5.91 Å². The van der Waals surface area contributed by atoms with E-state index in [2.05, 4.69) is 25.6 Å². The topological polar surface area (TPSA) is 88.8 Å². The lowest BCUT2D eigenvalue weighted by Crippen LogP contribution is -2.39. The number of aryl methyl sites for hydroxylation is 1. The zero-order valence-electron chi connectivity index (χ0n) is 16.9. The molecule has 8 nitrogen and oxygen atoms in total. The van der Waals surface area contributed by atoms with Crippen molar-refractivity contribution in [2.24, 2.45) is 13.0 Å². The number of carbonyl (C=O) groups is 1. The van der Waals surface area contributed by atoms with E-state index in [1.54, 1.807) is 35.1 Å². The van der Waals surface area contributed by atoms with Crippen molar-refractivity contribution in [1.29, 1.82) is 0 Å². The van der Waals surface area contributed by atoms with Gasteiger partial charge in [-0.3, -0.25) is 9.48 Å². The highest BCUT2D eigenvalue weighted by Gasteiger charge is 2.30. The van der Waals surface area contributed by atoms with Crippen LogP contribution in [0.15, 0.2) is 30.6 Å². The van der Waals surface area contributed by atoms with Crippen LogP contribution >= 0.6 is 0 Å². The summed E-state index contributed by atoms with van der Waals surface area (Å²) < 4.78 is 38.7. The fraction of sp³-hybridized carbons (Fsp3) is 0.450. The molecule has 11 heteroatoms. The lowest BCUT2D eigenvalue weighted by molar-refractivity contribution is -0.139. The minimum Gasteiger partial charge on any atom is -0.310 e. The standard InChI is InChI=1S/C20H22F3N7O/c1-29-12-17(27-28-29)15-3-2-14-11-24-18(10-16(14)25-15)26-19(31)13-4-7-30(8-5-13)9-6-20(21,22)23/h2-3,10-13H,4-9H2,1H3,(H,24,26,31). The molecule has 0 unspecified atom stereocenters. The van der Waals surface area contributed by atoms with Crippen molar-refractivity contribution in [2.45, 2.75) is 25.4 Å². The number of carbonyl (C=O) groups excluding carboxylic acids is 1. The van der Waals surface area contributed by atoms with Gasteiger partial charge < -0.3 is 10.2 Å². The first kappa shape index (κ1) is 21.2. The molecule has 3 aromatic heterocycles. The van der Waals surface area contributed by atoms with Crippen molar-refractivity contribution in [1.82, 2.24) is 29.9 Å². The Labute approximate surface area is 176 Å². The summed E-state index contributed by atoms with van der Waals surface area (Å²) in [6.07, 6.45) is -0.540. The van der Waals surface area contributed by atoms with E-state index < -0.39 is 12.6 Å². The maximum absolute atomic E-state index is 12.6. The molecule has 0 spiro atoms. The van der Waals surface area contributed by atoms with Gasteiger partial charge in [0.15, 0.2) is 0 Å². The molecule has 0 aromatic carbocycles. The van der Waals surface area contributed by atoms with Gasteiger partial charge in [0.1, 0.15) is 11.5 Å². The molecule has 164 valence electrons. The normalized spacial score (nSPS) is 16.0. The minimum atomic E-state index is -4.16. The maximum atomic E-state index is 12.6. The Morgan fingerprint density at radius 1 is 1.23 bits per heavy atom. The smallest absolute Gasteiger partial charge is 0.310 e. The van der Waals surface area contributed by atoms with Gasteiger partial charge in [-0.2, -0.15) is 13.2 Å². The molecule has 1 fully saturated rings. The lowest BCUT2D eigenvalue weighted by Gasteiger charge is -2.31. The van der Waals surface area contributed by atoms with Crippen LogP contribution in [0.1, 0.15) is 19.3 Å². The first-order valence-electron chi connectivity index (χ1n) is 10.0. The molecular weight excluding hydrogens is 411 g/mol. The van der Waals surface area contributed by atoms with Crippen LogP contribution in [0, 0.1) is 5.92 Å². The third-order valence-electron chi connectivity index (χ3n) is 5.36. The summed E-state index contributed by atoms with van der Waals surface area (Å²) in [5.41, 5.74) is 1.97. The zero-order valence-corrected chi connectivity index (χ0v) is 16.9. The van der Waals surface area contributed by atoms with Gasteiger partial charge in [0.25, 0.3) is 0 Å². The average molecular weight is 433 g/mol. The molecule has 0 aliphatic carbocycles. The van der Waals surface area contributed by atoms with Crippen LogP contribution in [0.4, 0.5) is 19.0 Å². The van der Waals surface area contributed by atoms with Gasteiger partial charge in [0.05, 0.1) is 23.8 Å². The molecular formula is C20H22F3N7O. The number of likely N-dealkylation sites (tertiary alicyclic amines) is 1. The molecule has 1 saturated heterocycles. The number of fused-ring (bicyclic) bond motifs is 1. The van der Waals surface area contributed by atoms with Crippen molar-refractivity contribution in [3.8, 4) is 11.4 Å². The van der Waals surface area contributed by atoms with E-state index in [0.29, 0.717) is 48.7 Å². The predicted octanol–water partition coefficient (Wildman–Crippen LogP) is 3.03. The summed E-state index contributed by atoms with van der Waals surface area (Å²) in [6, 6.07) is 5.41. The lowest BCUT2D eigenvalue weighted by atomic mass is 9.96. The molecule has 1 aliphatic heterocycles. The molecule has 1 N–H and O–H groups in total. The van der Waals surface area contributed by atoms with Gasteiger partial charge in [-0.25, -0.2) is 9.97 Å². The number of halogens is 3. The van der Waals surface area contributed by atoms with E-state index in [4.69, 9.17) is 0 Å². The first-order valence-corrected chi connectivity index (χ1v) is 10.0. The second-order valence-electron chi connectivity index (χ2n) is 7.71. The quantitative estimate of drug-likeness (QED) is 0.666. The number of nitrogens with zero attached hydrogens (tertiary/aromatic N) is 6. The third-order valence-corrected chi connectivity index (χ3v) is 5.36. The highest BCUT2D eigenvalue weighted by molar-refractivity contribution is 5.93. The first-order chi connectivity index (χ1) is 14.8. The van der Waals surface area contributed by atoms with Crippen LogP contribution in [0.25, 0.3) is 22.3 Å². The van der Waals surface area contributed by atoms with Crippen molar-refractivity contribution in [3.05, 3.63) is 30.6 Å². The van der Waals surface area contributed by atoms with Crippen LogP contribution in [0.2, 0.25) is 0 Å². The van der Waals surface area contributed by atoms with Crippen LogP contribution in [-0.4, -0.2) is 61.6 Å². The number of hydrogen-bond acceptors (Lipinski definition) is 6. The number of pyridine rings is 2. The monoisotopic (exact) mass is 433 g/mol. The van der Waals surface area contributed by atoms with Crippen molar-refractivity contribution < 1.29 is 18.0 Å². The molecule has 4 heterocycles. The highest BCUT2D eigenvalue weighted by Crippen LogP contribution is 2.24. The second kappa shape index (κ2) is 8.58. The van der Waals surface area contributed by atoms with Crippen LogP contribution < -0.4 is 5.32 Å². The van der Waals surface area contributed by atoms with E-state index >= 15 is 0 Å². The Bertz CT molecular complexity index is 1070. The van der Waals surface area contributed by atoms with Crippen LogP contribution in [0.5, 0.6) is 0 Å². The molecule has 1 aliphatic rings. The van der Waals surface area contributed by atoms with E-state index in [-0.39, 0.29) is 18.4 Å². The van der Waals surface area contributed by atoms with Gasteiger partial charge in [-0.1, -0.05) is 5.21 Å². The summed E-state index contributed by atoms with van der Waals surface area (Å²) in [5.74, 6) is -0.0354. The number of nitrogens with one attached hydrogen (secondary N) is 1. The number of anilines is 1. The van der Waals surface area contributed by atoms with Crippen molar-refractivity contribution >= 4 is 22.6 Å². The summed E-state index contributed by atoms with van der Waals surface area (Å²) >= 11 is 0. The molecule has 0 atom stereocenters. The Balaban J connectivity index is 1.38. The van der Waals surface area contributed by atoms with Gasteiger partial charge in [-0.15, -0.1) is 5.10 Å². The molecule has 0 bridgehead atoms. The maximum Gasteiger partial charge on any atom is 0.390 e. The number of hydrogen-bond donors (Lipinski definition) is 1. The number of amides is 1. The summed E-state index contributed by atoms with van der Waals surface area (Å²) in [7, 11) is 1.77. The molecule has 31 heavy (non-hydrogen) atoms. The van der Waals surface area contributed by atoms with E-state index in [0.717, 1.165) is 5.39 Å². The van der Waals surface area contributed by atoms with Crippen LogP contribution in [-0.2, 0) is 11.8 Å². The van der Waals surface area contributed by atoms with Gasteiger partial charge >= 0.3 is 6.18 Å². The number of aromatic nitrogens is 5. The minimum absolute atomic E-state index is 0.0239. The van der Waals surface area contributed by atoms with Crippen LogP contribution in [0.3, 0.4) is 0 Å². The van der Waals surface area contributed by atoms with E-state index in [1.807, 2.05) is 12.1 Å². The average Bonchev–Trinajstić information content (AvgIpc) is 3.18. The SMILES string of the molecule is Cn1cc(-c2ccc3cnc(NC(=O)C4CCN(CCC(F)(F)F)CC4)cc3n2)nn1. The van der Waals surface area contributed by atoms with Crippen molar-refractivity contribution in [3.63, 3.8) is 0 Å².